The molecule has 0 aliphatic carbocycles. The Balaban J connectivity index is 2.18. The zero-order chi connectivity index (χ0) is 11.8. The Morgan fingerprint density at radius 1 is 1.35 bits per heavy atom. The summed E-state index contributed by atoms with van der Waals surface area (Å²) in [5.74, 6) is 0.917. The molecule has 0 aliphatic heterocycles. The van der Waals surface area contributed by atoms with Gasteiger partial charge in [0.25, 0.3) is 0 Å². The molecule has 86 valence electrons. The summed E-state index contributed by atoms with van der Waals surface area (Å²) in [7, 11) is 0. The van der Waals surface area contributed by atoms with Crippen LogP contribution in [0.5, 0.6) is 0 Å². The minimum atomic E-state index is 0.543. The molecule has 0 radical (unpaired) electrons. The van der Waals surface area contributed by atoms with Crippen LogP contribution < -0.4 is 5.73 Å². The van der Waals surface area contributed by atoms with Gasteiger partial charge in [-0.1, -0.05) is 11.6 Å². The van der Waals surface area contributed by atoms with Gasteiger partial charge in [-0.25, -0.2) is 4.98 Å². The lowest BCUT2D eigenvalue weighted by molar-refractivity contribution is 1.05. The van der Waals surface area contributed by atoms with Crippen LogP contribution in [0.4, 0.5) is 0 Å². The average Bonchev–Trinajstić information content (AvgIpc) is 2.93. The van der Waals surface area contributed by atoms with Crippen molar-refractivity contribution < 1.29 is 0 Å². The van der Waals surface area contributed by atoms with Gasteiger partial charge in [-0.15, -0.1) is 11.3 Å². The van der Waals surface area contributed by atoms with E-state index in [9.17, 15) is 0 Å². The van der Waals surface area contributed by atoms with Gasteiger partial charge in [0.05, 0.1) is 20.9 Å². The number of halogens is 1. The molecule has 0 fully saturated rings. The molecule has 0 unspecified atom stereocenters. The lowest BCUT2D eigenvalue weighted by atomic mass is 10.2. The van der Waals surface area contributed by atoms with Crippen molar-refractivity contribution in [2.24, 2.45) is 5.73 Å². The number of nitrogens with two attached hydrogens (primary N) is 1. The molecule has 17 heavy (non-hydrogen) atoms. The van der Waals surface area contributed by atoms with Gasteiger partial charge in [-0.2, -0.15) is 0 Å². The molecule has 0 saturated carbocycles. The highest BCUT2D eigenvalue weighted by Crippen LogP contribution is 2.30. The monoisotopic (exact) mass is 263 g/mol. The fraction of sp³-hybridized carbons (Fsp3) is 0.0833. The minimum Gasteiger partial charge on any atom is -0.326 e. The smallest absolute Gasteiger partial charge is 0.154 e. The van der Waals surface area contributed by atoms with Gasteiger partial charge in [0, 0.05) is 12.7 Å². The van der Waals surface area contributed by atoms with Crippen molar-refractivity contribution in [1.29, 1.82) is 0 Å². The summed E-state index contributed by atoms with van der Waals surface area (Å²) in [4.78, 5) is 5.49. The fourth-order valence-corrected chi connectivity index (χ4v) is 2.83. The second-order valence-corrected chi connectivity index (χ2v) is 5.43. The predicted molar refractivity (Wildman–Crippen MR) is 71.4 cm³/mol. The molecular weight excluding hydrogens is 254 g/mol. The van der Waals surface area contributed by atoms with Crippen LogP contribution in [-0.2, 0) is 6.54 Å². The van der Waals surface area contributed by atoms with Crippen molar-refractivity contribution in [1.82, 2.24) is 9.38 Å². The van der Waals surface area contributed by atoms with Crippen LogP contribution in [0.25, 0.3) is 16.2 Å². The SMILES string of the molecule is NCc1ccn2c(-c3ccc(Cl)s3)ncc2c1. The first kappa shape index (κ1) is 10.8. The second kappa shape index (κ2) is 4.14. The first-order valence-electron chi connectivity index (χ1n) is 5.19. The van der Waals surface area contributed by atoms with E-state index in [-0.39, 0.29) is 0 Å². The van der Waals surface area contributed by atoms with E-state index < -0.39 is 0 Å². The summed E-state index contributed by atoms with van der Waals surface area (Å²) in [5, 5.41) is 0. The van der Waals surface area contributed by atoms with E-state index in [1.165, 1.54) is 11.3 Å². The normalized spacial score (nSPS) is 11.2. The molecule has 3 aromatic heterocycles. The van der Waals surface area contributed by atoms with Crippen LogP contribution in [0.2, 0.25) is 4.34 Å². The molecule has 5 heteroatoms. The first-order chi connectivity index (χ1) is 8.28. The zero-order valence-electron chi connectivity index (χ0n) is 8.93. The molecule has 0 aliphatic rings. The van der Waals surface area contributed by atoms with Gasteiger partial charge in [0.1, 0.15) is 0 Å². The third-order valence-corrected chi connectivity index (χ3v) is 3.85. The number of fused-ring (bicyclic) bond motifs is 1. The highest BCUT2D eigenvalue weighted by Gasteiger charge is 2.08. The highest BCUT2D eigenvalue weighted by atomic mass is 35.5. The standard InChI is InChI=1S/C12H10ClN3S/c13-11-2-1-10(17-11)12-15-7-9-5-8(6-14)3-4-16(9)12/h1-5,7H,6,14H2. The van der Waals surface area contributed by atoms with Crippen LogP contribution >= 0.6 is 22.9 Å². The molecule has 0 amide bonds. The quantitative estimate of drug-likeness (QED) is 0.772. The van der Waals surface area contributed by atoms with Crippen molar-refractivity contribution in [2.75, 3.05) is 0 Å². The molecule has 0 saturated heterocycles. The summed E-state index contributed by atoms with van der Waals surface area (Å²) < 4.78 is 2.82. The van der Waals surface area contributed by atoms with Gasteiger partial charge in [0.15, 0.2) is 5.82 Å². The molecule has 2 N–H and O–H groups in total. The molecule has 0 atom stereocenters. The van der Waals surface area contributed by atoms with E-state index in [2.05, 4.69) is 4.98 Å². The Morgan fingerprint density at radius 2 is 2.24 bits per heavy atom. The molecule has 0 spiro atoms. The van der Waals surface area contributed by atoms with Gasteiger partial charge < -0.3 is 5.73 Å². The Bertz CT molecular complexity index is 671. The average molecular weight is 264 g/mol. The lowest BCUT2D eigenvalue weighted by Crippen LogP contribution is -1.97. The summed E-state index contributed by atoms with van der Waals surface area (Å²) in [6.07, 6.45) is 3.84. The minimum absolute atomic E-state index is 0.543. The maximum atomic E-state index is 5.94. The molecule has 3 aromatic rings. The van der Waals surface area contributed by atoms with Gasteiger partial charge in [0.2, 0.25) is 0 Å². The van der Waals surface area contributed by atoms with Gasteiger partial charge in [-0.05, 0) is 29.8 Å². The molecule has 0 bridgehead atoms. The Kier molecular flexibility index (Phi) is 2.63. The molecule has 3 nitrogen and oxygen atoms in total. The number of imidazole rings is 1. The van der Waals surface area contributed by atoms with Gasteiger partial charge >= 0.3 is 0 Å². The number of hydrogen-bond acceptors (Lipinski definition) is 3. The number of hydrogen-bond donors (Lipinski definition) is 1. The molecule has 3 heterocycles. The van der Waals surface area contributed by atoms with Crippen molar-refractivity contribution in [3.8, 4) is 10.7 Å². The first-order valence-corrected chi connectivity index (χ1v) is 6.39. The van der Waals surface area contributed by atoms with E-state index in [0.717, 1.165) is 26.1 Å². The number of thiophene rings is 1. The van der Waals surface area contributed by atoms with Crippen LogP contribution in [0, 0.1) is 0 Å². The predicted octanol–water partition coefficient (Wildman–Crippen LogP) is 3.17. The van der Waals surface area contributed by atoms with E-state index in [1.54, 1.807) is 0 Å². The van der Waals surface area contributed by atoms with E-state index in [4.69, 9.17) is 17.3 Å². The van der Waals surface area contributed by atoms with E-state index >= 15 is 0 Å². The van der Waals surface area contributed by atoms with Crippen LogP contribution in [0.3, 0.4) is 0 Å². The van der Waals surface area contributed by atoms with Crippen LogP contribution in [-0.4, -0.2) is 9.38 Å². The molecule has 0 aromatic carbocycles. The van der Waals surface area contributed by atoms with Crippen LogP contribution in [0.1, 0.15) is 5.56 Å². The number of aromatic nitrogens is 2. The number of rotatable bonds is 2. The second-order valence-electron chi connectivity index (χ2n) is 3.72. The maximum absolute atomic E-state index is 5.94. The van der Waals surface area contributed by atoms with E-state index in [1.807, 2.05) is 41.1 Å². The third-order valence-electron chi connectivity index (χ3n) is 2.63. The van der Waals surface area contributed by atoms with Crippen molar-refractivity contribution in [2.45, 2.75) is 6.54 Å². The number of pyridine rings is 1. The summed E-state index contributed by atoms with van der Waals surface area (Å²) in [5.41, 5.74) is 7.77. The number of nitrogens with zero attached hydrogens (tertiary/aromatic N) is 2. The Morgan fingerprint density at radius 3 is 2.94 bits per heavy atom. The Labute approximate surface area is 107 Å². The third kappa shape index (κ3) is 1.84. The van der Waals surface area contributed by atoms with E-state index in [0.29, 0.717) is 6.54 Å². The zero-order valence-corrected chi connectivity index (χ0v) is 10.5. The van der Waals surface area contributed by atoms with Crippen LogP contribution in [0.15, 0.2) is 36.7 Å². The van der Waals surface area contributed by atoms with Gasteiger partial charge in [-0.3, -0.25) is 4.40 Å². The largest absolute Gasteiger partial charge is 0.326 e. The fourth-order valence-electron chi connectivity index (χ4n) is 1.79. The van der Waals surface area contributed by atoms with Crippen molar-refractivity contribution >= 4 is 28.5 Å². The van der Waals surface area contributed by atoms with Crippen molar-refractivity contribution in [3.05, 3.63) is 46.6 Å². The Hall–Kier alpha value is -1.36. The lowest BCUT2D eigenvalue weighted by Gasteiger charge is -2.00. The maximum Gasteiger partial charge on any atom is 0.154 e. The molecular formula is C12H10ClN3S. The molecule has 3 rings (SSSR count). The highest BCUT2D eigenvalue weighted by molar-refractivity contribution is 7.19. The topological polar surface area (TPSA) is 43.3 Å². The summed E-state index contributed by atoms with van der Waals surface area (Å²) in [6.45, 7) is 0.543. The summed E-state index contributed by atoms with van der Waals surface area (Å²) in [6, 6.07) is 7.93. The summed E-state index contributed by atoms with van der Waals surface area (Å²) >= 11 is 7.47. The van der Waals surface area contributed by atoms with Crippen molar-refractivity contribution in [3.63, 3.8) is 0 Å².